The summed E-state index contributed by atoms with van der Waals surface area (Å²) in [5, 5.41) is 21.4. The van der Waals surface area contributed by atoms with E-state index in [2.05, 4.69) is 20.1 Å². The topological polar surface area (TPSA) is 83.3 Å². The minimum atomic E-state index is -0.430. The zero-order chi connectivity index (χ0) is 17.4. The fourth-order valence-corrected chi connectivity index (χ4v) is 3.31. The van der Waals surface area contributed by atoms with E-state index in [4.69, 9.17) is 0 Å². The Balaban J connectivity index is 1.45. The smallest absolute Gasteiger partial charge is 0.321 e. The Bertz CT molecular complexity index is 784. The van der Waals surface area contributed by atoms with Crippen molar-refractivity contribution in [3.8, 4) is 11.4 Å². The number of carbonyl (C=O) groups is 1. The summed E-state index contributed by atoms with van der Waals surface area (Å²) >= 11 is 0. The highest BCUT2D eigenvalue weighted by atomic mass is 16.3. The molecule has 1 aromatic carbocycles. The van der Waals surface area contributed by atoms with Crippen molar-refractivity contribution in [3.05, 3.63) is 30.1 Å². The lowest BCUT2D eigenvalue weighted by Gasteiger charge is -2.21. The van der Waals surface area contributed by atoms with E-state index in [1.807, 2.05) is 24.3 Å². The number of aliphatic hydroxyl groups excluding tert-OH is 1. The molecule has 0 saturated heterocycles. The molecule has 2 heterocycles. The van der Waals surface area contributed by atoms with Crippen LogP contribution in [0.4, 0.5) is 10.5 Å². The normalized spacial score (nSPS) is 17.2. The Hall–Kier alpha value is -2.41. The third kappa shape index (κ3) is 3.37. The molecule has 132 valence electrons. The van der Waals surface area contributed by atoms with Crippen molar-refractivity contribution >= 4 is 11.7 Å². The first-order valence-electron chi connectivity index (χ1n) is 8.84. The minimum absolute atomic E-state index is 0.219. The van der Waals surface area contributed by atoms with Crippen molar-refractivity contribution in [2.24, 2.45) is 5.92 Å². The van der Waals surface area contributed by atoms with Crippen LogP contribution in [-0.2, 0) is 13.0 Å². The number of likely N-dealkylation sites (N-methyl/N-ethyl adjacent to an activating group) is 1. The van der Waals surface area contributed by atoms with E-state index in [9.17, 15) is 9.90 Å². The zero-order valence-electron chi connectivity index (χ0n) is 14.4. The average Bonchev–Trinajstić information content (AvgIpc) is 3.22. The largest absolute Gasteiger partial charge is 0.391 e. The molecule has 1 fully saturated rings. The number of hydrogen-bond acceptors (Lipinski definition) is 4. The summed E-state index contributed by atoms with van der Waals surface area (Å²) in [6, 6.07) is 7.43. The molecule has 1 aromatic heterocycles. The summed E-state index contributed by atoms with van der Waals surface area (Å²) < 4.78 is 2.14. The Morgan fingerprint density at radius 1 is 1.44 bits per heavy atom. The molecule has 1 atom stereocenters. The number of aryl methyl sites for hydroxylation is 1. The van der Waals surface area contributed by atoms with Gasteiger partial charge in [-0.3, -0.25) is 0 Å². The molecule has 1 aliphatic carbocycles. The predicted molar refractivity (Wildman–Crippen MR) is 94.2 cm³/mol. The number of hydrogen-bond donors (Lipinski definition) is 2. The molecule has 7 heteroatoms. The fraction of sp³-hybridized carbons (Fsp3) is 0.500. The molecule has 25 heavy (non-hydrogen) atoms. The third-order valence-corrected chi connectivity index (χ3v) is 4.96. The number of urea groups is 1. The molecule has 0 radical (unpaired) electrons. The monoisotopic (exact) mass is 341 g/mol. The lowest BCUT2D eigenvalue weighted by molar-refractivity contribution is 0.117. The van der Waals surface area contributed by atoms with Gasteiger partial charge in [0.05, 0.1) is 6.10 Å². The van der Waals surface area contributed by atoms with E-state index < -0.39 is 6.10 Å². The lowest BCUT2D eigenvalue weighted by atomic mass is 10.2. The number of anilines is 1. The van der Waals surface area contributed by atoms with Crippen LogP contribution in [0.25, 0.3) is 11.4 Å². The summed E-state index contributed by atoms with van der Waals surface area (Å²) in [4.78, 5) is 13.9. The van der Waals surface area contributed by atoms with Gasteiger partial charge in [0, 0.05) is 37.8 Å². The molecule has 1 unspecified atom stereocenters. The molecule has 0 bridgehead atoms. The summed E-state index contributed by atoms with van der Waals surface area (Å²) in [5.41, 5.74) is 1.66. The molecule has 2 amide bonds. The summed E-state index contributed by atoms with van der Waals surface area (Å²) in [6.45, 7) is 1.30. The second-order valence-electron chi connectivity index (χ2n) is 6.99. The van der Waals surface area contributed by atoms with E-state index in [1.54, 1.807) is 7.05 Å². The van der Waals surface area contributed by atoms with Gasteiger partial charge >= 0.3 is 6.03 Å². The first-order chi connectivity index (χ1) is 12.1. The van der Waals surface area contributed by atoms with Gasteiger partial charge in [-0.1, -0.05) is 12.1 Å². The van der Waals surface area contributed by atoms with Crippen molar-refractivity contribution in [2.45, 2.75) is 38.3 Å². The molecule has 2 aromatic rings. The first-order valence-corrected chi connectivity index (χ1v) is 8.84. The Labute approximate surface area is 146 Å². The van der Waals surface area contributed by atoms with Gasteiger partial charge in [-0.2, -0.15) is 0 Å². The van der Waals surface area contributed by atoms with Crippen molar-refractivity contribution in [1.29, 1.82) is 0 Å². The van der Waals surface area contributed by atoms with E-state index in [-0.39, 0.29) is 6.03 Å². The summed E-state index contributed by atoms with van der Waals surface area (Å²) in [5.74, 6) is 2.23. The lowest BCUT2D eigenvalue weighted by Crippen LogP contribution is -2.38. The van der Waals surface area contributed by atoms with Crippen molar-refractivity contribution < 1.29 is 9.90 Å². The molecule has 1 saturated carbocycles. The maximum atomic E-state index is 12.3. The number of aliphatic hydroxyl groups is 1. The number of amides is 2. The second kappa shape index (κ2) is 6.48. The highest BCUT2D eigenvalue weighted by Crippen LogP contribution is 2.32. The number of nitrogens with zero attached hydrogens (tertiary/aromatic N) is 4. The Morgan fingerprint density at radius 2 is 2.28 bits per heavy atom. The van der Waals surface area contributed by atoms with Gasteiger partial charge in [0.1, 0.15) is 5.82 Å². The minimum Gasteiger partial charge on any atom is -0.391 e. The highest BCUT2D eigenvalue weighted by Gasteiger charge is 2.31. The molecule has 0 spiro atoms. The Morgan fingerprint density at radius 3 is 3.08 bits per heavy atom. The number of nitrogens with one attached hydrogen (secondary N) is 1. The van der Waals surface area contributed by atoms with Gasteiger partial charge in [0.15, 0.2) is 5.82 Å². The number of carbonyl (C=O) groups excluding carboxylic acids is 1. The van der Waals surface area contributed by atoms with Gasteiger partial charge in [-0.25, -0.2) is 4.79 Å². The average molecular weight is 341 g/mol. The van der Waals surface area contributed by atoms with Crippen LogP contribution in [0.1, 0.15) is 25.1 Å². The number of rotatable bonds is 5. The van der Waals surface area contributed by atoms with Crippen molar-refractivity contribution in [3.63, 3.8) is 0 Å². The van der Waals surface area contributed by atoms with Crippen LogP contribution in [0.15, 0.2) is 24.3 Å². The van der Waals surface area contributed by atoms with Gasteiger partial charge in [-0.05, 0) is 37.3 Å². The third-order valence-electron chi connectivity index (χ3n) is 4.96. The quantitative estimate of drug-likeness (QED) is 0.873. The van der Waals surface area contributed by atoms with Crippen LogP contribution in [0, 0.1) is 5.92 Å². The second-order valence-corrected chi connectivity index (χ2v) is 6.99. The molecular weight excluding hydrogens is 318 g/mol. The van der Waals surface area contributed by atoms with Crippen LogP contribution in [0.5, 0.6) is 0 Å². The molecule has 1 aliphatic heterocycles. The highest BCUT2D eigenvalue weighted by molar-refractivity contribution is 5.89. The van der Waals surface area contributed by atoms with Crippen LogP contribution in [0.2, 0.25) is 0 Å². The van der Waals surface area contributed by atoms with Crippen LogP contribution in [0.3, 0.4) is 0 Å². The zero-order valence-corrected chi connectivity index (χ0v) is 14.4. The van der Waals surface area contributed by atoms with Gasteiger partial charge in [-0.15, -0.1) is 10.2 Å². The fourth-order valence-electron chi connectivity index (χ4n) is 3.31. The molecular formula is C18H23N5O2. The predicted octanol–water partition coefficient (Wildman–Crippen LogP) is 2.13. The Kier molecular flexibility index (Phi) is 4.17. The molecule has 7 nitrogen and oxygen atoms in total. The van der Waals surface area contributed by atoms with Gasteiger partial charge < -0.3 is 19.9 Å². The molecule has 4 rings (SSSR count). The van der Waals surface area contributed by atoms with Crippen molar-refractivity contribution in [1.82, 2.24) is 19.7 Å². The standard InChI is InChI=1S/C18H23N5O2/c1-22(11-15(24)12-7-8-12)18(25)19-14-5-2-4-13(10-14)17-21-20-16-6-3-9-23(16)17/h2,4-5,10,12,15,24H,3,6-9,11H2,1H3,(H,19,25). The van der Waals surface area contributed by atoms with E-state index in [1.165, 1.54) is 4.90 Å². The number of benzene rings is 1. The molecule has 2 aliphatic rings. The van der Waals surface area contributed by atoms with Crippen LogP contribution in [-0.4, -0.2) is 50.5 Å². The van der Waals surface area contributed by atoms with Crippen LogP contribution >= 0.6 is 0 Å². The van der Waals surface area contributed by atoms with Crippen molar-refractivity contribution in [2.75, 3.05) is 18.9 Å². The summed E-state index contributed by atoms with van der Waals surface area (Å²) in [6.07, 6.45) is 3.75. The first kappa shape index (κ1) is 16.1. The van der Waals surface area contributed by atoms with Gasteiger partial charge in [0.25, 0.3) is 0 Å². The maximum absolute atomic E-state index is 12.3. The van der Waals surface area contributed by atoms with E-state index in [0.717, 1.165) is 49.4 Å². The summed E-state index contributed by atoms with van der Waals surface area (Å²) in [7, 11) is 1.70. The van der Waals surface area contributed by atoms with Crippen LogP contribution < -0.4 is 5.32 Å². The van der Waals surface area contributed by atoms with E-state index in [0.29, 0.717) is 18.2 Å². The SMILES string of the molecule is CN(CC(O)C1CC1)C(=O)Nc1cccc(-c2nnc3n2CCC3)c1. The maximum Gasteiger partial charge on any atom is 0.321 e. The molecule has 2 N–H and O–H groups in total. The van der Waals surface area contributed by atoms with Gasteiger partial charge in [0.2, 0.25) is 0 Å². The number of aromatic nitrogens is 3. The number of fused-ring (bicyclic) bond motifs is 1. The van der Waals surface area contributed by atoms with E-state index >= 15 is 0 Å².